The highest BCUT2D eigenvalue weighted by Gasteiger charge is 2.11. The second-order valence-electron chi connectivity index (χ2n) is 6.91. The topological polar surface area (TPSA) is 68.0 Å². The number of hydrogen-bond acceptors (Lipinski definition) is 5. The molecule has 5 nitrogen and oxygen atoms in total. The molecule has 1 heterocycles. The van der Waals surface area contributed by atoms with Crippen molar-refractivity contribution in [2.24, 2.45) is 0 Å². The molecule has 146 valence electrons. The van der Waals surface area contributed by atoms with Crippen molar-refractivity contribution in [3.8, 4) is 0 Å². The predicted molar refractivity (Wildman–Crippen MR) is 113 cm³/mol. The number of carbonyl (C=O) groups excluding carboxylic acids is 1. The molecular weight excluding hydrogens is 370 g/mol. The number of carbonyl (C=O) groups is 1. The molecule has 1 aromatic heterocycles. The van der Waals surface area contributed by atoms with E-state index in [0.717, 1.165) is 17.7 Å². The standard InChI is InChI=1S/C22H25N3O2S/c1-15-6-10-19(11-7-15)28-12-4-5-20(26)23-22-25-24-21(27-22)14-18-9-8-16(2)17(3)13-18/h6-11,13H,4-5,12,14H2,1-3H3,(H,23,25,26). The Morgan fingerprint density at radius 3 is 2.57 bits per heavy atom. The Kier molecular flexibility index (Phi) is 6.87. The first-order chi connectivity index (χ1) is 13.5. The van der Waals surface area contributed by atoms with Crippen LogP contribution in [0.4, 0.5) is 6.01 Å². The maximum absolute atomic E-state index is 12.1. The normalized spacial score (nSPS) is 10.8. The maximum atomic E-state index is 12.1. The lowest BCUT2D eigenvalue weighted by Crippen LogP contribution is -2.11. The van der Waals surface area contributed by atoms with E-state index in [1.165, 1.54) is 21.6 Å². The Labute approximate surface area is 170 Å². The molecule has 3 rings (SSSR count). The number of benzene rings is 2. The molecule has 0 atom stereocenters. The molecule has 28 heavy (non-hydrogen) atoms. The van der Waals surface area contributed by atoms with Crippen molar-refractivity contribution in [3.05, 3.63) is 70.6 Å². The van der Waals surface area contributed by atoms with Crippen molar-refractivity contribution in [1.29, 1.82) is 0 Å². The van der Waals surface area contributed by atoms with E-state index in [9.17, 15) is 4.79 Å². The van der Waals surface area contributed by atoms with E-state index in [1.54, 1.807) is 11.8 Å². The lowest BCUT2D eigenvalue weighted by atomic mass is 10.0. The number of aromatic nitrogens is 2. The first-order valence-electron chi connectivity index (χ1n) is 9.37. The fraction of sp³-hybridized carbons (Fsp3) is 0.318. The highest BCUT2D eigenvalue weighted by Crippen LogP contribution is 2.20. The lowest BCUT2D eigenvalue weighted by molar-refractivity contribution is -0.116. The van der Waals surface area contributed by atoms with Crippen molar-refractivity contribution in [2.45, 2.75) is 44.9 Å². The van der Waals surface area contributed by atoms with E-state index in [2.05, 4.69) is 78.7 Å². The molecule has 0 saturated carbocycles. The average Bonchev–Trinajstić information content (AvgIpc) is 3.10. The van der Waals surface area contributed by atoms with Gasteiger partial charge in [0.1, 0.15) is 0 Å². The molecule has 1 amide bonds. The quantitative estimate of drug-likeness (QED) is 0.425. The van der Waals surface area contributed by atoms with Crippen LogP contribution in [0.5, 0.6) is 0 Å². The van der Waals surface area contributed by atoms with E-state index < -0.39 is 0 Å². The monoisotopic (exact) mass is 395 g/mol. The third-order valence-corrected chi connectivity index (χ3v) is 5.58. The number of amides is 1. The van der Waals surface area contributed by atoms with E-state index in [4.69, 9.17) is 4.42 Å². The number of anilines is 1. The summed E-state index contributed by atoms with van der Waals surface area (Å²) in [5.41, 5.74) is 4.84. The molecule has 6 heteroatoms. The van der Waals surface area contributed by atoms with Crippen LogP contribution in [0.15, 0.2) is 51.8 Å². The van der Waals surface area contributed by atoms with Crippen LogP contribution in [0, 0.1) is 20.8 Å². The second kappa shape index (κ2) is 9.55. The molecule has 2 aromatic carbocycles. The summed E-state index contributed by atoms with van der Waals surface area (Å²) in [5, 5.41) is 10.6. The molecule has 0 radical (unpaired) electrons. The van der Waals surface area contributed by atoms with Crippen molar-refractivity contribution in [3.63, 3.8) is 0 Å². The molecule has 3 aromatic rings. The van der Waals surface area contributed by atoms with Crippen molar-refractivity contribution in [2.75, 3.05) is 11.1 Å². The van der Waals surface area contributed by atoms with Gasteiger partial charge < -0.3 is 4.42 Å². The largest absolute Gasteiger partial charge is 0.407 e. The first-order valence-corrected chi connectivity index (χ1v) is 10.4. The summed E-state index contributed by atoms with van der Waals surface area (Å²) in [7, 11) is 0. The van der Waals surface area contributed by atoms with Crippen LogP contribution >= 0.6 is 11.8 Å². The molecule has 0 spiro atoms. The van der Waals surface area contributed by atoms with Gasteiger partial charge in [0.15, 0.2) is 0 Å². The van der Waals surface area contributed by atoms with E-state index in [-0.39, 0.29) is 11.9 Å². The Morgan fingerprint density at radius 1 is 1.04 bits per heavy atom. The highest BCUT2D eigenvalue weighted by molar-refractivity contribution is 7.99. The Balaban J connectivity index is 1.42. The van der Waals surface area contributed by atoms with Gasteiger partial charge in [-0.25, -0.2) is 0 Å². The number of thioether (sulfide) groups is 1. The van der Waals surface area contributed by atoms with Crippen LogP contribution in [0.25, 0.3) is 0 Å². The van der Waals surface area contributed by atoms with Crippen molar-refractivity contribution >= 4 is 23.7 Å². The Morgan fingerprint density at radius 2 is 1.82 bits per heavy atom. The van der Waals surface area contributed by atoms with Crippen molar-refractivity contribution < 1.29 is 9.21 Å². The van der Waals surface area contributed by atoms with E-state index >= 15 is 0 Å². The average molecular weight is 396 g/mol. The zero-order chi connectivity index (χ0) is 19.9. The van der Waals surface area contributed by atoms with Crippen LogP contribution in [-0.2, 0) is 11.2 Å². The Bertz CT molecular complexity index is 935. The molecule has 0 aliphatic heterocycles. The van der Waals surface area contributed by atoms with E-state index in [0.29, 0.717) is 18.7 Å². The van der Waals surface area contributed by atoms with Gasteiger partial charge in [-0.1, -0.05) is 41.0 Å². The minimum Gasteiger partial charge on any atom is -0.407 e. The SMILES string of the molecule is Cc1ccc(SCCCC(=O)Nc2nnc(Cc3ccc(C)c(C)c3)o2)cc1. The summed E-state index contributed by atoms with van der Waals surface area (Å²) in [6.07, 6.45) is 1.76. The maximum Gasteiger partial charge on any atom is 0.322 e. The van der Waals surface area contributed by atoms with Crippen LogP contribution in [0.3, 0.4) is 0 Å². The first kappa shape index (κ1) is 20.1. The summed E-state index contributed by atoms with van der Waals surface area (Å²) < 4.78 is 5.56. The molecule has 0 aliphatic carbocycles. The lowest BCUT2D eigenvalue weighted by Gasteiger charge is -2.03. The number of nitrogens with one attached hydrogen (secondary N) is 1. The van der Waals surface area contributed by atoms with Gasteiger partial charge in [-0.3, -0.25) is 10.1 Å². The minimum atomic E-state index is -0.106. The smallest absolute Gasteiger partial charge is 0.322 e. The Hall–Kier alpha value is -2.60. The fourth-order valence-electron chi connectivity index (χ4n) is 2.70. The third-order valence-electron chi connectivity index (χ3n) is 4.48. The van der Waals surface area contributed by atoms with E-state index in [1.807, 2.05) is 0 Å². The molecule has 0 unspecified atom stereocenters. The van der Waals surface area contributed by atoms with Crippen LogP contribution < -0.4 is 5.32 Å². The third kappa shape index (κ3) is 5.96. The zero-order valence-electron chi connectivity index (χ0n) is 16.5. The van der Waals surface area contributed by atoms with Gasteiger partial charge in [0.25, 0.3) is 0 Å². The number of aryl methyl sites for hydroxylation is 3. The van der Waals surface area contributed by atoms with Crippen LogP contribution in [-0.4, -0.2) is 21.9 Å². The van der Waals surface area contributed by atoms with Gasteiger partial charge in [-0.2, -0.15) is 0 Å². The summed E-state index contributed by atoms with van der Waals surface area (Å²) in [6.45, 7) is 6.23. The number of rotatable bonds is 8. The number of nitrogens with zero attached hydrogens (tertiary/aromatic N) is 2. The van der Waals surface area contributed by atoms with Gasteiger partial charge in [0, 0.05) is 11.3 Å². The van der Waals surface area contributed by atoms with Crippen LogP contribution in [0.2, 0.25) is 0 Å². The molecular formula is C22H25N3O2S. The molecule has 0 saturated heterocycles. The summed E-state index contributed by atoms with van der Waals surface area (Å²) in [4.78, 5) is 13.3. The molecule has 0 aliphatic rings. The number of hydrogen-bond donors (Lipinski definition) is 1. The summed E-state index contributed by atoms with van der Waals surface area (Å²) >= 11 is 1.75. The van der Waals surface area contributed by atoms with Gasteiger partial charge in [-0.15, -0.1) is 16.9 Å². The fourth-order valence-corrected chi connectivity index (χ4v) is 3.56. The second-order valence-corrected chi connectivity index (χ2v) is 8.08. The van der Waals surface area contributed by atoms with Crippen LogP contribution in [0.1, 0.15) is 41.0 Å². The van der Waals surface area contributed by atoms with Gasteiger partial charge in [0.2, 0.25) is 11.8 Å². The summed E-state index contributed by atoms with van der Waals surface area (Å²) in [5.74, 6) is 1.28. The summed E-state index contributed by atoms with van der Waals surface area (Å²) in [6, 6.07) is 14.8. The minimum absolute atomic E-state index is 0.106. The molecule has 0 fully saturated rings. The zero-order valence-corrected chi connectivity index (χ0v) is 17.3. The molecule has 0 bridgehead atoms. The molecule has 1 N–H and O–H groups in total. The van der Waals surface area contributed by atoms with Crippen molar-refractivity contribution in [1.82, 2.24) is 10.2 Å². The highest BCUT2D eigenvalue weighted by atomic mass is 32.2. The van der Waals surface area contributed by atoms with Gasteiger partial charge >= 0.3 is 6.01 Å². The predicted octanol–water partition coefficient (Wildman–Crippen LogP) is 5.10. The van der Waals surface area contributed by atoms with Gasteiger partial charge in [0.05, 0.1) is 6.42 Å². The van der Waals surface area contributed by atoms with Gasteiger partial charge in [-0.05, 0) is 61.8 Å².